The highest BCUT2D eigenvalue weighted by Crippen LogP contribution is 2.38. The Kier molecular flexibility index (Phi) is 5.56. The van der Waals surface area contributed by atoms with Crippen LogP contribution in [-0.2, 0) is 14.3 Å². The number of carbonyl (C=O) groups is 2. The Morgan fingerprint density at radius 1 is 1.11 bits per heavy atom. The van der Waals surface area contributed by atoms with Crippen molar-refractivity contribution in [3.63, 3.8) is 0 Å². The lowest BCUT2D eigenvalue weighted by molar-refractivity contribution is -0.136. The first-order chi connectivity index (χ1) is 13.3. The number of benzene rings is 2. The monoisotopic (exact) mass is 396 g/mol. The first-order valence-corrected chi connectivity index (χ1v) is 9.10. The fourth-order valence-corrected chi connectivity index (χ4v) is 3.36. The van der Waals surface area contributed by atoms with E-state index in [0.29, 0.717) is 16.4 Å². The summed E-state index contributed by atoms with van der Waals surface area (Å²) in [6.07, 6.45) is 1.70. The van der Waals surface area contributed by atoms with Crippen molar-refractivity contribution >= 4 is 40.9 Å². The Balaban J connectivity index is 2.11. The van der Waals surface area contributed by atoms with E-state index in [1.54, 1.807) is 37.3 Å². The Bertz CT molecular complexity index is 991. The lowest BCUT2D eigenvalue weighted by atomic mass is 10.0. The van der Waals surface area contributed by atoms with Crippen molar-refractivity contribution in [3.05, 3.63) is 76.0 Å². The molecule has 28 heavy (non-hydrogen) atoms. The maximum Gasteiger partial charge on any atom is 0.340 e. The quantitative estimate of drug-likeness (QED) is 0.571. The van der Waals surface area contributed by atoms with Crippen molar-refractivity contribution in [2.24, 2.45) is 0 Å². The van der Waals surface area contributed by atoms with Gasteiger partial charge in [0.25, 0.3) is 5.91 Å². The number of methoxy groups -OCH3 is 1. The van der Waals surface area contributed by atoms with Crippen LogP contribution in [0.1, 0.15) is 12.5 Å². The van der Waals surface area contributed by atoms with Crippen LogP contribution in [0, 0.1) is 0 Å². The standard InChI is InChI=1S/C22H21ClN2O3/c1-14-20(22(27)28-4)17(13-15-9-11-16(12-10-15)24(2)3)21(26)25(14)19-8-6-5-7-18(19)23/h5-13H,1-4H3/b17-13-. The molecule has 0 fully saturated rings. The maximum atomic E-state index is 13.2. The first kappa shape index (κ1) is 19.7. The zero-order chi connectivity index (χ0) is 20.4. The van der Waals surface area contributed by atoms with Gasteiger partial charge in [-0.2, -0.15) is 0 Å². The summed E-state index contributed by atoms with van der Waals surface area (Å²) < 4.78 is 4.93. The third-order valence-electron chi connectivity index (χ3n) is 4.60. The molecule has 0 atom stereocenters. The summed E-state index contributed by atoms with van der Waals surface area (Å²) in [6, 6.07) is 14.7. The summed E-state index contributed by atoms with van der Waals surface area (Å²) in [4.78, 5) is 29.1. The van der Waals surface area contributed by atoms with Crippen LogP contribution in [-0.4, -0.2) is 33.1 Å². The van der Waals surface area contributed by atoms with Crippen molar-refractivity contribution in [2.75, 3.05) is 31.0 Å². The molecular weight excluding hydrogens is 376 g/mol. The lowest BCUT2D eigenvalue weighted by Crippen LogP contribution is -2.24. The van der Waals surface area contributed by atoms with Crippen LogP contribution < -0.4 is 9.80 Å². The van der Waals surface area contributed by atoms with Crippen LogP contribution in [0.5, 0.6) is 0 Å². The number of nitrogens with zero attached hydrogens (tertiary/aromatic N) is 2. The molecule has 2 aromatic carbocycles. The molecule has 1 amide bonds. The molecule has 1 aliphatic heterocycles. The van der Waals surface area contributed by atoms with E-state index in [1.165, 1.54) is 12.0 Å². The van der Waals surface area contributed by atoms with Crippen LogP contribution in [0.4, 0.5) is 11.4 Å². The molecule has 5 nitrogen and oxygen atoms in total. The number of allylic oxidation sites excluding steroid dienone is 1. The van der Waals surface area contributed by atoms with Gasteiger partial charge in [-0.3, -0.25) is 9.69 Å². The topological polar surface area (TPSA) is 49.9 Å². The number of hydrogen-bond donors (Lipinski definition) is 0. The average molecular weight is 397 g/mol. The highest BCUT2D eigenvalue weighted by molar-refractivity contribution is 6.35. The van der Waals surface area contributed by atoms with Gasteiger partial charge in [-0.25, -0.2) is 4.79 Å². The number of ether oxygens (including phenoxy) is 1. The second kappa shape index (κ2) is 7.90. The normalized spacial score (nSPS) is 15.4. The third kappa shape index (κ3) is 3.53. The Labute approximate surface area is 169 Å². The van der Waals surface area contributed by atoms with Crippen LogP contribution in [0.15, 0.2) is 65.4 Å². The molecule has 0 aliphatic carbocycles. The highest BCUT2D eigenvalue weighted by Gasteiger charge is 2.38. The van der Waals surface area contributed by atoms with E-state index in [9.17, 15) is 9.59 Å². The molecule has 0 bridgehead atoms. The number of para-hydroxylation sites is 1. The average Bonchev–Trinajstić information content (AvgIpc) is 2.92. The van der Waals surface area contributed by atoms with E-state index in [2.05, 4.69) is 0 Å². The zero-order valence-corrected chi connectivity index (χ0v) is 16.9. The summed E-state index contributed by atoms with van der Waals surface area (Å²) >= 11 is 6.29. The number of anilines is 2. The Morgan fingerprint density at radius 2 is 1.75 bits per heavy atom. The maximum absolute atomic E-state index is 13.2. The van der Waals surface area contributed by atoms with Crippen molar-refractivity contribution < 1.29 is 14.3 Å². The highest BCUT2D eigenvalue weighted by atomic mass is 35.5. The van der Waals surface area contributed by atoms with Gasteiger partial charge in [-0.15, -0.1) is 0 Å². The fraction of sp³-hybridized carbons (Fsp3) is 0.182. The molecule has 3 rings (SSSR count). The summed E-state index contributed by atoms with van der Waals surface area (Å²) in [5, 5.41) is 0.427. The van der Waals surface area contributed by atoms with E-state index in [0.717, 1.165) is 11.3 Å². The number of halogens is 1. The zero-order valence-electron chi connectivity index (χ0n) is 16.2. The largest absolute Gasteiger partial charge is 0.465 e. The van der Waals surface area contributed by atoms with E-state index in [4.69, 9.17) is 16.3 Å². The molecule has 0 aromatic heterocycles. The minimum atomic E-state index is -0.559. The van der Waals surface area contributed by atoms with Crippen molar-refractivity contribution in [2.45, 2.75) is 6.92 Å². The SMILES string of the molecule is COC(=O)C1=C(C)N(c2ccccc2Cl)C(=O)/C1=C\c1ccc(N(C)C)cc1. The number of amides is 1. The summed E-state index contributed by atoms with van der Waals surface area (Å²) in [5.74, 6) is -0.876. The number of carbonyl (C=O) groups excluding carboxylic acids is 2. The number of rotatable bonds is 4. The van der Waals surface area contributed by atoms with Gasteiger partial charge >= 0.3 is 5.97 Å². The molecule has 2 aromatic rings. The van der Waals surface area contributed by atoms with E-state index in [-0.39, 0.29) is 17.1 Å². The van der Waals surface area contributed by atoms with E-state index < -0.39 is 5.97 Å². The number of esters is 1. The lowest BCUT2D eigenvalue weighted by Gasteiger charge is -2.19. The second-order valence-corrected chi connectivity index (χ2v) is 7.00. The van der Waals surface area contributed by atoms with Crippen LogP contribution in [0.2, 0.25) is 5.02 Å². The van der Waals surface area contributed by atoms with E-state index >= 15 is 0 Å². The van der Waals surface area contributed by atoms with Crippen molar-refractivity contribution in [1.82, 2.24) is 0 Å². The number of hydrogen-bond acceptors (Lipinski definition) is 4. The second-order valence-electron chi connectivity index (χ2n) is 6.59. The Hall–Kier alpha value is -3.05. The molecule has 144 valence electrons. The molecule has 0 N–H and O–H groups in total. The van der Waals surface area contributed by atoms with Crippen LogP contribution >= 0.6 is 11.6 Å². The molecule has 0 saturated carbocycles. The third-order valence-corrected chi connectivity index (χ3v) is 4.92. The predicted octanol–water partition coefficient (Wildman–Crippen LogP) is 4.28. The molecule has 0 unspecified atom stereocenters. The predicted molar refractivity (Wildman–Crippen MR) is 112 cm³/mol. The molecular formula is C22H21ClN2O3. The molecule has 0 radical (unpaired) electrons. The van der Waals surface area contributed by atoms with Gasteiger partial charge in [-0.1, -0.05) is 35.9 Å². The summed E-state index contributed by atoms with van der Waals surface area (Å²) in [7, 11) is 5.21. The van der Waals surface area contributed by atoms with Gasteiger partial charge in [-0.05, 0) is 42.8 Å². The molecule has 6 heteroatoms. The Morgan fingerprint density at radius 3 is 2.32 bits per heavy atom. The van der Waals surface area contributed by atoms with Crippen molar-refractivity contribution in [3.8, 4) is 0 Å². The van der Waals surface area contributed by atoms with Crippen LogP contribution in [0.25, 0.3) is 6.08 Å². The van der Waals surface area contributed by atoms with Gasteiger partial charge in [0, 0.05) is 25.5 Å². The van der Waals surface area contributed by atoms with Gasteiger partial charge in [0.1, 0.15) is 0 Å². The summed E-state index contributed by atoms with van der Waals surface area (Å²) in [5.41, 5.74) is 3.38. The van der Waals surface area contributed by atoms with Crippen LogP contribution in [0.3, 0.4) is 0 Å². The first-order valence-electron chi connectivity index (χ1n) is 8.72. The molecule has 0 spiro atoms. The fourth-order valence-electron chi connectivity index (χ4n) is 3.14. The van der Waals surface area contributed by atoms with Gasteiger partial charge in [0.2, 0.25) is 0 Å². The van der Waals surface area contributed by atoms with E-state index in [1.807, 2.05) is 43.3 Å². The minimum Gasteiger partial charge on any atom is -0.465 e. The smallest absolute Gasteiger partial charge is 0.340 e. The minimum absolute atomic E-state index is 0.240. The molecule has 1 heterocycles. The van der Waals surface area contributed by atoms with Gasteiger partial charge < -0.3 is 9.64 Å². The molecule has 0 saturated heterocycles. The van der Waals surface area contributed by atoms with Crippen molar-refractivity contribution in [1.29, 1.82) is 0 Å². The van der Waals surface area contributed by atoms with Gasteiger partial charge in [0.15, 0.2) is 0 Å². The molecule has 1 aliphatic rings. The van der Waals surface area contributed by atoms with Gasteiger partial charge in [0.05, 0.1) is 29.0 Å². The summed E-state index contributed by atoms with van der Waals surface area (Å²) in [6.45, 7) is 1.71.